The molecular formula is C14H21N3O. The van der Waals surface area contributed by atoms with Gasteiger partial charge in [0.2, 0.25) is 0 Å². The number of amides is 2. The zero-order valence-corrected chi connectivity index (χ0v) is 10.9. The highest BCUT2D eigenvalue weighted by Gasteiger charge is 2.24. The monoisotopic (exact) mass is 247 g/mol. The van der Waals surface area contributed by atoms with Crippen LogP contribution >= 0.6 is 0 Å². The fraction of sp³-hybridized carbons (Fsp3) is 0.500. The van der Waals surface area contributed by atoms with E-state index in [4.69, 9.17) is 5.73 Å². The first-order chi connectivity index (χ1) is 8.74. The zero-order valence-electron chi connectivity index (χ0n) is 10.9. The standard InChI is InChI=1S/C14H21N3O/c1-2-9-16-12-7-5-10-17(14(15)18)13-8-4-3-6-11(12)13/h3-4,6,8,12,16H,2,5,7,9-10H2,1H3,(H2,15,18). The summed E-state index contributed by atoms with van der Waals surface area (Å²) in [5.74, 6) is 0. The van der Waals surface area contributed by atoms with Crippen molar-refractivity contribution in [2.45, 2.75) is 32.2 Å². The number of nitrogens with zero attached hydrogens (tertiary/aromatic N) is 1. The molecule has 0 aromatic heterocycles. The third-order valence-corrected chi connectivity index (χ3v) is 3.38. The Kier molecular flexibility index (Phi) is 4.20. The number of nitrogens with one attached hydrogen (secondary N) is 1. The van der Waals surface area contributed by atoms with Gasteiger partial charge in [-0.05, 0) is 37.4 Å². The van der Waals surface area contributed by atoms with Crippen LogP contribution in [0.3, 0.4) is 0 Å². The maximum atomic E-state index is 11.5. The van der Waals surface area contributed by atoms with Crippen molar-refractivity contribution in [2.24, 2.45) is 5.73 Å². The van der Waals surface area contributed by atoms with E-state index in [9.17, 15) is 4.79 Å². The van der Waals surface area contributed by atoms with Gasteiger partial charge in [0.25, 0.3) is 0 Å². The van der Waals surface area contributed by atoms with E-state index < -0.39 is 0 Å². The molecule has 2 amide bonds. The molecule has 0 radical (unpaired) electrons. The molecule has 18 heavy (non-hydrogen) atoms. The van der Waals surface area contributed by atoms with E-state index in [1.165, 1.54) is 5.56 Å². The number of rotatable bonds is 3. The second kappa shape index (κ2) is 5.87. The van der Waals surface area contributed by atoms with Crippen molar-refractivity contribution in [1.82, 2.24) is 5.32 Å². The Hall–Kier alpha value is -1.55. The summed E-state index contributed by atoms with van der Waals surface area (Å²) in [6, 6.07) is 8.00. The maximum absolute atomic E-state index is 11.5. The largest absolute Gasteiger partial charge is 0.351 e. The zero-order chi connectivity index (χ0) is 13.0. The lowest BCUT2D eigenvalue weighted by atomic mass is 10.0. The molecule has 0 saturated carbocycles. The number of para-hydroxylation sites is 1. The number of carbonyl (C=O) groups is 1. The first kappa shape index (κ1) is 12.9. The van der Waals surface area contributed by atoms with Crippen LogP contribution in [0.2, 0.25) is 0 Å². The summed E-state index contributed by atoms with van der Waals surface area (Å²) in [5, 5.41) is 3.55. The molecule has 0 bridgehead atoms. The predicted molar refractivity (Wildman–Crippen MR) is 73.6 cm³/mol. The molecule has 1 aromatic rings. The van der Waals surface area contributed by atoms with Crippen LogP contribution in [0.5, 0.6) is 0 Å². The highest BCUT2D eigenvalue weighted by molar-refractivity contribution is 5.91. The molecule has 4 heteroatoms. The first-order valence-electron chi connectivity index (χ1n) is 6.63. The highest BCUT2D eigenvalue weighted by Crippen LogP contribution is 2.32. The van der Waals surface area contributed by atoms with Crippen LogP contribution in [0.4, 0.5) is 10.5 Å². The second-order valence-corrected chi connectivity index (χ2v) is 4.70. The van der Waals surface area contributed by atoms with Crippen molar-refractivity contribution in [3.63, 3.8) is 0 Å². The Morgan fingerprint density at radius 3 is 3.00 bits per heavy atom. The molecule has 4 nitrogen and oxygen atoms in total. The Balaban J connectivity index is 2.32. The summed E-state index contributed by atoms with van der Waals surface area (Å²) in [6.45, 7) is 3.86. The van der Waals surface area contributed by atoms with Gasteiger partial charge in [-0.1, -0.05) is 25.1 Å². The molecule has 1 aromatic carbocycles. The van der Waals surface area contributed by atoms with Crippen LogP contribution in [0, 0.1) is 0 Å². The summed E-state index contributed by atoms with van der Waals surface area (Å²) in [4.78, 5) is 13.2. The van der Waals surface area contributed by atoms with Crippen LogP contribution < -0.4 is 16.0 Å². The van der Waals surface area contributed by atoms with E-state index >= 15 is 0 Å². The molecule has 0 fully saturated rings. The van der Waals surface area contributed by atoms with E-state index in [1.807, 2.05) is 18.2 Å². The SMILES string of the molecule is CCCNC1CCCN(C(N)=O)c2ccccc21. The minimum absolute atomic E-state index is 0.325. The molecule has 1 unspecified atom stereocenters. The van der Waals surface area contributed by atoms with Gasteiger partial charge >= 0.3 is 6.03 Å². The van der Waals surface area contributed by atoms with Gasteiger partial charge in [0.1, 0.15) is 0 Å². The number of anilines is 1. The highest BCUT2D eigenvalue weighted by atomic mass is 16.2. The first-order valence-corrected chi connectivity index (χ1v) is 6.63. The van der Waals surface area contributed by atoms with Gasteiger partial charge in [0.05, 0.1) is 5.69 Å². The lowest BCUT2D eigenvalue weighted by Gasteiger charge is -2.22. The van der Waals surface area contributed by atoms with E-state index in [0.717, 1.165) is 31.5 Å². The molecule has 0 spiro atoms. The Bertz CT molecular complexity index is 419. The van der Waals surface area contributed by atoms with Gasteiger partial charge in [0.15, 0.2) is 0 Å². The lowest BCUT2D eigenvalue weighted by molar-refractivity contribution is 0.254. The van der Waals surface area contributed by atoms with Crippen molar-refractivity contribution >= 4 is 11.7 Å². The molecule has 2 rings (SSSR count). The molecule has 3 N–H and O–H groups in total. The Morgan fingerprint density at radius 1 is 1.50 bits per heavy atom. The summed E-state index contributed by atoms with van der Waals surface area (Å²) in [6.07, 6.45) is 3.12. The molecule has 0 saturated heterocycles. The Morgan fingerprint density at radius 2 is 2.28 bits per heavy atom. The molecule has 0 aliphatic carbocycles. The Labute approximate surface area is 108 Å². The maximum Gasteiger partial charge on any atom is 0.319 e. The minimum Gasteiger partial charge on any atom is -0.351 e. The summed E-state index contributed by atoms with van der Waals surface area (Å²) in [5.41, 5.74) is 7.60. The van der Waals surface area contributed by atoms with Crippen LogP contribution in [0.15, 0.2) is 24.3 Å². The van der Waals surface area contributed by atoms with Gasteiger partial charge in [-0.25, -0.2) is 4.79 Å². The van der Waals surface area contributed by atoms with Gasteiger partial charge in [-0.15, -0.1) is 0 Å². The number of fused-ring (bicyclic) bond motifs is 1. The van der Waals surface area contributed by atoms with Crippen molar-refractivity contribution in [2.75, 3.05) is 18.0 Å². The van der Waals surface area contributed by atoms with Crippen LogP contribution in [-0.4, -0.2) is 19.1 Å². The van der Waals surface area contributed by atoms with Crippen LogP contribution in [0.1, 0.15) is 37.8 Å². The number of benzene rings is 1. The van der Waals surface area contributed by atoms with Crippen molar-refractivity contribution < 1.29 is 4.79 Å². The molecule has 1 heterocycles. The van der Waals surface area contributed by atoms with Gasteiger partial charge < -0.3 is 11.1 Å². The molecular weight excluding hydrogens is 226 g/mol. The van der Waals surface area contributed by atoms with Crippen molar-refractivity contribution in [3.05, 3.63) is 29.8 Å². The molecule has 1 aliphatic rings. The van der Waals surface area contributed by atoms with Crippen molar-refractivity contribution in [1.29, 1.82) is 0 Å². The molecule has 1 atom stereocenters. The van der Waals surface area contributed by atoms with E-state index in [1.54, 1.807) is 4.90 Å². The van der Waals surface area contributed by atoms with Gasteiger partial charge in [-0.3, -0.25) is 4.90 Å². The predicted octanol–water partition coefficient (Wildman–Crippen LogP) is 2.41. The topological polar surface area (TPSA) is 58.4 Å². The average Bonchev–Trinajstić information content (AvgIpc) is 2.56. The average molecular weight is 247 g/mol. The number of carbonyl (C=O) groups excluding carboxylic acids is 1. The van der Waals surface area contributed by atoms with E-state index in [2.05, 4.69) is 18.3 Å². The summed E-state index contributed by atoms with van der Waals surface area (Å²) >= 11 is 0. The molecule has 1 aliphatic heterocycles. The minimum atomic E-state index is -0.362. The number of nitrogens with two attached hydrogens (primary N) is 1. The van der Waals surface area contributed by atoms with Crippen LogP contribution in [0.25, 0.3) is 0 Å². The summed E-state index contributed by atoms with van der Waals surface area (Å²) < 4.78 is 0. The van der Waals surface area contributed by atoms with E-state index in [0.29, 0.717) is 12.6 Å². The number of primary amides is 1. The fourth-order valence-corrected chi connectivity index (χ4v) is 2.52. The van der Waals surface area contributed by atoms with E-state index in [-0.39, 0.29) is 6.03 Å². The fourth-order valence-electron chi connectivity index (χ4n) is 2.52. The third-order valence-electron chi connectivity index (χ3n) is 3.38. The van der Waals surface area contributed by atoms with Gasteiger partial charge in [0, 0.05) is 12.6 Å². The number of hydrogen-bond acceptors (Lipinski definition) is 2. The number of hydrogen-bond donors (Lipinski definition) is 2. The van der Waals surface area contributed by atoms with Crippen molar-refractivity contribution in [3.8, 4) is 0 Å². The second-order valence-electron chi connectivity index (χ2n) is 4.70. The number of urea groups is 1. The van der Waals surface area contributed by atoms with Gasteiger partial charge in [-0.2, -0.15) is 0 Å². The smallest absolute Gasteiger partial charge is 0.319 e. The quantitative estimate of drug-likeness (QED) is 0.861. The van der Waals surface area contributed by atoms with Crippen LogP contribution in [-0.2, 0) is 0 Å². The third kappa shape index (κ3) is 2.64. The molecule has 98 valence electrons. The lowest BCUT2D eigenvalue weighted by Crippen LogP contribution is -2.36. The summed E-state index contributed by atoms with van der Waals surface area (Å²) in [7, 11) is 0. The normalized spacial score (nSPS) is 19.2.